The van der Waals surface area contributed by atoms with Crippen LogP contribution in [-0.2, 0) is 21.4 Å². The van der Waals surface area contributed by atoms with Crippen molar-refractivity contribution in [2.24, 2.45) is 5.41 Å². The zero-order valence-corrected chi connectivity index (χ0v) is 10.5. The zero-order chi connectivity index (χ0) is 12.1. The number of esters is 1. The van der Waals surface area contributed by atoms with Gasteiger partial charge in [0.05, 0.1) is 12.5 Å². The lowest BCUT2D eigenvalue weighted by Crippen LogP contribution is -2.28. The van der Waals surface area contributed by atoms with Crippen LogP contribution >= 0.6 is 0 Å². The fraction of sp³-hybridized carbons (Fsp3) is 0.533. The van der Waals surface area contributed by atoms with Gasteiger partial charge in [-0.25, -0.2) is 0 Å². The van der Waals surface area contributed by atoms with Gasteiger partial charge in [0.2, 0.25) is 0 Å². The molecular weight excluding hydrogens is 212 g/mol. The third-order valence-corrected chi connectivity index (χ3v) is 4.81. The maximum atomic E-state index is 12.0. The summed E-state index contributed by atoms with van der Waals surface area (Å²) >= 11 is 0. The van der Waals surface area contributed by atoms with Gasteiger partial charge in [-0.2, -0.15) is 0 Å². The molecule has 90 valence electrons. The Morgan fingerprint density at radius 1 is 1.35 bits per heavy atom. The number of ether oxygens (including phenoxy) is 1. The number of aryl methyl sites for hydroxylation is 1. The summed E-state index contributed by atoms with van der Waals surface area (Å²) in [4.78, 5) is 12.0. The highest BCUT2D eigenvalue weighted by atomic mass is 16.5. The van der Waals surface area contributed by atoms with Gasteiger partial charge in [-0.1, -0.05) is 24.3 Å². The van der Waals surface area contributed by atoms with Gasteiger partial charge >= 0.3 is 5.97 Å². The predicted molar refractivity (Wildman–Crippen MR) is 65.8 cm³/mol. The van der Waals surface area contributed by atoms with E-state index in [1.807, 2.05) is 0 Å². The largest absolute Gasteiger partial charge is 0.469 e. The maximum Gasteiger partial charge on any atom is 0.312 e. The molecule has 2 nitrogen and oxygen atoms in total. The Labute approximate surface area is 102 Å². The van der Waals surface area contributed by atoms with Gasteiger partial charge in [0.1, 0.15) is 0 Å². The Balaban J connectivity index is 2.06. The molecule has 1 aromatic carbocycles. The summed E-state index contributed by atoms with van der Waals surface area (Å²) in [5, 5.41) is 0. The van der Waals surface area contributed by atoms with Crippen LogP contribution in [0.3, 0.4) is 0 Å². The highest BCUT2D eigenvalue weighted by Gasteiger charge is 2.70. The fourth-order valence-corrected chi connectivity index (χ4v) is 3.73. The smallest absolute Gasteiger partial charge is 0.312 e. The molecular formula is C15H18O2. The second-order valence-corrected chi connectivity index (χ2v) is 5.59. The monoisotopic (exact) mass is 230 g/mol. The van der Waals surface area contributed by atoms with Gasteiger partial charge in [-0.3, -0.25) is 4.79 Å². The third-order valence-electron chi connectivity index (χ3n) is 4.81. The number of benzene rings is 1. The lowest BCUT2D eigenvalue weighted by atomic mass is 9.75. The van der Waals surface area contributed by atoms with E-state index in [9.17, 15) is 4.79 Å². The molecule has 0 heterocycles. The molecule has 0 bridgehead atoms. The summed E-state index contributed by atoms with van der Waals surface area (Å²) in [5.74, 6) is -0.0470. The molecule has 1 fully saturated rings. The summed E-state index contributed by atoms with van der Waals surface area (Å²) < 4.78 is 4.98. The molecule has 2 unspecified atom stereocenters. The first-order chi connectivity index (χ1) is 8.14. The molecule has 1 aromatic rings. The van der Waals surface area contributed by atoms with Crippen molar-refractivity contribution in [3.63, 3.8) is 0 Å². The molecule has 0 aliphatic heterocycles. The molecule has 1 spiro atoms. The number of fused-ring (bicyclic) bond motifs is 2. The quantitative estimate of drug-likeness (QED) is 0.693. The van der Waals surface area contributed by atoms with Crippen molar-refractivity contribution >= 4 is 5.97 Å². The molecule has 2 aliphatic rings. The van der Waals surface area contributed by atoms with E-state index < -0.39 is 0 Å². The van der Waals surface area contributed by atoms with Crippen molar-refractivity contribution < 1.29 is 9.53 Å². The SMILES string of the molecule is COC(=O)C1(C)CC12CCCc1ccccc12. The van der Waals surface area contributed by atoms with Gasteiger partial charge in [0.25, 0.3) is 0 Å². The lowest BCUT2D eigenvalue weighted by molar-refractivity contribution is -0.147. The Kier molecular flexibility index (Phi) is 2.13. The predicted octanol–water partition coefficient (Wildman–Crippen LogP) is 2.84. The van der Waals surface area contributed by atoms with E-state index in [4.69, 9.17) is 4.74 Å². The minimum atomic E-state index is -0.293. The number of hydrogen-bond acceptors (Lipinski definition) is 2. The summed E-state index contributed by atoms with van der Waals surface area (Å²) in [6, 6.07) is 8.58. The first-order valence-electron chi connectivity index (χ1n) is 6.31. The fourth-order valence-electron chi connectivity index (χ4n) is 3.73. The number of hydrogen-bond donors (Lipinski definition) is 0. The van der Waals surface area contributed by atoms with Crippen LogP contribution in [-0.4, -0.2) is 13.1 Å². The van der Waals surface area contributed by atoms with Crippen molar-refractivity contribution in [2.45, 2.75) is 38.0 Å². The van der Waals surface area contributed by atoms with Crippen LogP contribution < -0.4 is 0 Å². The molecule has 2 aliphatic carbocycles. The van der Waals surface area contributed by atoms with Crippen molar-refractivity contribution in [3.8, 4) is 0 Å². The number of methoxy groups -OCH3 is 1. The van der Waals surface area contributed by atoms with E-state index in [-0.39, 0.29) is 16.8 Å². The van der Waals surface area contributed by atoms with Crippen molar-refractivity contribution in [2.75, 3.05) is 7.11 Å². The van der Waals surface area contributed by atoms with Crippen molar-refractivity contribution in [1.82, 2.24) is 0 Å². The number of carbonyl (C=O) groups is 1. The average Bonchev–Trinajstić information content (AvgIpc) is 2.96. The normalized spacial score (nSPS) is 34.2. The molecule has 0 N–H and O–H groups in total. The van der Waals surface area contributed by atoms with Gasteiger partial charge in [0.15, 0.2) is 0 Å². The molecule has 17 heavy (non-hydrogen) atoms. The van der Waals surface area contributed by atoms with E-state index in [0.717, 1.165) is 19.3 Å². The van der Waals surface area contributed by atoms with E-state index in [2.05, 4.69) is 31.2 Å². The van der Waals surface area contributed by atoms with Gasteiger partial charge < -0.3 is 4.74 Å². The summed E-state index contributed by atoms with van der Waals surface area (Å²) in [6.45, 7) is 2.06. The first kappa shape index (κ1) is 10.8. The minimum Gasteiger partial charge on any atom is -0.469 e. The van der Waals surface area contributed by atoms with Crippen LogP contribution in [0.25, 0.3) is 0 Å². The van der Waals surface area contributed by atoms with Gasteiger partial charge in [0, 0.05) is 5.41 Å². The highest BCUT2D eigenvalue weighted by molar-refractivity contribution is 5.84. The second-order valence-electron chi connectivity index (χ2n) is 5.59. The minimum absolute atomic E-state index is 0.0470. The molecule has 3 rings (SSSR count). The van der Waals surface area contributed by atoms with E-state index >= 15 is 0 Å². The van der Waals surface area contributed by atoms with Crippen molar-refractivity contribution in [1.29, 1.82) is 0 Å². The lowest BCUT2D eigenvalue weighted by Gasteiger charge is -2.29. The summed E-state index contributed by atoms with van der Waals surface area (Å²) in [7, 11) is 1.49. The molecule has 0 saturated heterocycles. The first-order valence-corrected chi connectivity index (χ1v) is 6.31. The molecule has 0 amide bonds. The van der Waals surface area contributed by atoms with Crippen LogP contribution in [0.4, 0.5) is 0 Å². The van der Waals surface area contributed by atoms with Crippen LogP contribution in [0.15, 0.2) is 24.3 Å². The standard InChI is InChI=1S/C15H18O2/c1-14(13(16)17-2)10-15(14)9-5-7-11-6-3-4-8-12(11)15/h3-4,6,8H,5,7,9-10H2,1-2H3. The average molecular weight is 230 g/mol. The Morgan fingerprint density at radius 3 is 2.88 bits per heavy atom. The second kappa shape index (κ2) is 3.34. The Hall–Kier alpha value is -1.31. The molecule has 0 aromatic heterocycles. The van der Waals surface area contributed by atoms with Gasteiger partial charge in [-0.05, 0) is 43.7 Å². The molecule has 2 atom stereocenters. The van der Waals surface area contributed by atoms with E-state index in [0.29, 0.717) is 0 Å². The number of carbonyl (C=O) groups excluding carboxylic acids is 1. The van der Waals surface area contributed by atoms with Gasteiger partial charge in [-0.15, -0.1) is 0 Å². The molecule has 2 heteroatoms. The summed E-state index contributed by atoms with van der Waals surface area (Å²) in [5.41, 5.74) is 2.58. The van der Waals surface area contributed by atoms with Crippen LogP contribution in [0, 0.1) is 5.41 Å². The molecule has 0 radical (unpaired) electrons. The van der Waals surface area contributed by atoms with E-state index in [1.165, 1.54) is 24.7 Å². The van der Waals surface area contributed by atoms with Crippen molar-refractivity contribution in [3.05, 3.63) is 35.4 Å². The molecule has 1 saturated carbocycles. The number of rotatable bonds is 1. The maximum absolute atomic E-state index is 12.0. The van der Waals surface area contributed by atoms with E-state index in [1.54, 1.807) is 0 Å². The zero-order valence-electron chi connectivity index (χ0n) is 10.5. The topological polar surface area (TPSA) is 26.3 Å². The summed E-state index contributed by atoms with van der Waals surface area (Å²) in [6.07, 6.45) is 4.40. The highest BCUT2D eigenvalue weighted by Crippen LogP contribution is 2.69. The van der Waals surface area contributed by atoms with Crippen LogP contribution in [0.2, 0.25) is 0 Å². The van der Waals surface area contributed by atoms with Crippen LogP contribution in [0.1, 0.15) is 37.3 Å². The Morgan fingerprint density at radius 2 is 2.12 bits per heavy atom. The third kappa shape index (κ3) is 1.24. The Bertz CT molecular complexity index is 480. The van der Waals surface area contributed by atoms with Crippen LogP contribution in [0.5, 0.6) is 0 Å².